The zero-order valence-corrected chi connectivity index (χ0v) is 18.0. The van der Waals surface area contributed by atoms with E-state index in [1.54, 1.807) is 43.3 Å². The monoisotopic (exact) mass is 431 g/mol. The second kappa shape index (κ2) is 10.1. The fraction of sp³-hybridized carbons (Fsp3) is 0.231. The van der Waals surface area contributed by atoms with Crippen molar-refractivity contribution in [2.75, 3.05) is 37.8 Å². The van der Waals surface area contributed by atoms with Crippen molar-refractivity contribution < 1.29 is 23.5 Å². The van der Waals surface area contributed by atoms with Crippen molar-refractivity contribution in [1.29, 1.82) is 0 Å². The molecule has 0 radical (unpaired) electrons. The molecule has 4 rings (SSSR count). The molecule has 0 bridgehead atoms. The Bertz CT molecular complexity index is 1090. The number of anilines is 1. The van der Waals surface area contributed by atoms with Gasteiger partial charge in [0.2, 0.25) is 0 Å². The van der Waals surface area contributed by atoms with Gasteiger partial charge in [0, 0.05) is 29.9 Å². The van der Waals surface area contributed by atoms with E-state index in [0.29, 0.717) is 29.3 Å². The molecule has 2 heterocycles. The summed E-state index contributed by atoms with van der Waals surface area (Å²) in [6.07, 6.45) is 3.17. The fourth-order valence-corrected chi connectivity index (χ4v) is 3.49. The van der Waals surface area contributed by atoms with Crippen molar-refractivity contribution >= 4 is 23.5 Å². The van der Waals surface area contributed by atoms with Crippen molar-refractivity contribution in [1.82, 2.24) is 0 Å². The number of furan rings is 1. The third kappa shape index (κ3) is 5.15. The number of benzene rings is 2. The summed E-state index contributed by atoms with van der Waals surface area (Å²) in [7, 11) is 0. The normalized spacial score (nSPS) is 14.0. The van der Waals surface area contributed by atoms with Gasteiger partial charge in [-0.05, 0) is 67.6 Å². The minimum Gasteiger partial charge on any atom is -0.462 e. The molecule has 1 aromatic heterocycles. The van der Waals surface area contributed by atoms with Crippen LogP contribution in [-0.2, 0) is 9.47 Å². The lowest BCUT2D eigenvalue weighted by atomic mass is 10.1. The summed E-state index contributed by atoms with van der Waals surface area (Å²) in [5.41, 5.74) is 3.05. The minimum absolute atomic E-state index is 0.0877. The predicted octanol–water partition coefficient (Wildman–Crippen LogP) is 4.86. The highest BCUT2D eigenvalue weighted by atomic mass is 16.5. The molecule has 1 fully saturated rings. The van der Waals surface area contributed by atoms with E-state index in [2.05, 4.69) is 4.90 Å². The van der Waals surface area contributed by atoms with Crippen LogP contribution in [0.1, 0.15) is 33.4 Å². The quantitative estimate of drug-likeness (QED) is 0.302. The molecule has 1 aliphatic rings. The van der Waals surface area contributed by atoms with Gasteiger partial charge in [0.05, 0.1) is 25.4 Å². The molecule has 0 atom stereocenters. The average molecular weight is 431 g/mol. The van der Waals surface area contributed by atoms with Crippen LogP contribution in [0.15, 0.2) is 71.2 Å². The molecule has 0 spiro atoms. The molecule has 32 heavy (non-hydrogen) atoms. The first-order valence-electron chi connectivity index (χ1n) is 10.7. The van der Waals surface area contributed by atoms with Gasteiger partial charge in [-0.1, -0.05) is 12.1 Å². The molecule has 2 aromatic carbocycles. The Morgan fingerprint density at radius 3 is 2.31 bits per heavy atom. The Morgan fingerprint density at radius 2 is 1.62 bits per heavy atom. The van der Waals surface area contributed by atoms with Crippen LogP contribution in [0.5, 0.6) is 0 Å². The number of hydrogen-bond donors (Lipinski definition) is 0. The van der Waals surface area contributed by atoms with E-state index in [9.17, 15) is 9.59 Å². The first kappa shape index (κ1) is 21.6. The maximum Gasteiger partial charge on any atom is 0.338 e. The molecule has 0 N–H and O–H groups in total. The van der Waals surface area contributed by atoms with Crippen molar-refractivity contribution in [2.45, 2.75) is 6.92 Å². The second-order valence-electron chi connectivity index (χ2n) is 7.34. The van der Waals surface area contributed by atoms with Crippen molar-refractivity contribution in [3.8, 4) is 11.3 Å². The number of allylic oxidation sites excluding steroid dienone is 1. The molecular weight excluding hydrogens is 406 g/mol. The van der Waals surface area contributed by atoms with Gasteiger partial charge in [-0.3, -0.25) is 4.79 Å². The molecule has 164 valence electrons. The highest BCUT2D eigenvalue weighted by Gasteiger charge is 2.12. The van der Waals surface area contributed by atoms with Gasteiger partial charge < -0.3 is 18.8 Å². The molecule has 1 saturated heterocycles. The number of nitrogens with zero attached hydrogens (tertiary/aromatic N) is 1. The first-order valence-corrected chi connectivity index (χ1v) is 10.7. The average Bonchev–Trinajstić information content (AvgIpc) is 3.32. The van der Waals surface area contributed by atoms with Gasteiger partial charge >= 0.3 is 5.97 Å². The number of ketones is 1. The molecule has 6 nitrogen and oxygen atoms in total. The van der Waals surface area contributed by atoms with Crippen LogP contribution in [0.2, 0.25) is 0 Å². The summed E-state index contributed by atoms with van der Waals surface area (Å²) in [5, 5.41) is 0. The standard InChI is InChI=1S/C26H25NO5/c1-2-31-26(29)21-5-3-20(4-6-21)25-14-12-23(32-25)11-13-24(28)19-7-9-22(10-8-19)27-15-17-30-18-16-27/h3-14H,2,15-18H2,1H3. The van der Waals surface area contributed by atoms with Gasteiger partial charge in [-0.25, -0.2) is 4.79 Å². The lowest BCUT2D eigenvalue weighted by Gasteiger charge is -2.28. The minimum atomic E-state index is -0.349. The number of esters is 1. The second-order valence-corrected chi connectivity index (χ2v) is 7.34. The largest absolute Gasteiger partial charge is 0.462 e. The van der Waals surface area contributed by atoms with Crippen LogP contribution in [0.25, 0.3) is 17.4 Å². The smallest absolute Gasteiger partial charge is 0.338 e. The van der Waals surface area contributed by atoms with E-state index in [4.69, 9.17) is 13.9 Å². The first-order chi connectivity index (χ1) is 15.6. The number of morpholine rings is 1. The molecule has 0 aliphatic carbocycles. The number of hydrogen-bond acceptors (Lipinski definition) is 6. The zero-order valence-electron chi connectivity index (χ0n) is 18.0. The van der Waals surface area contributed by atoms with Crippen LogP contribution in [0.4, 0.5) is 5.69 Å². The SMILES string of the molecule is CCOC(=O)c1ccc(-c2ccc(C=CC(=O)c3ccc(N4CCOCC4)cc3)o2)cc1. The zero-order chi connectivity index (χ0) is 22.3. The molecule has 1 aliphatic heterocycles. The number of rotatable bonds is 7. The highest BCUT2D eigenvalue weighted by molar-refractivity contribution is 6.06. The number of ether oxygens (including phenoxy) is 2. The molecule has 0 unspecified atom stereocenters. The molecule has 3 aromatic rings. The lowest BCUT2D eigenvalue weighted by molar-refractivity contribution is 0.0526. The van der Waals surface area contributed by atoms with Gasteiger partial charge in [0.15, 0.2) is 5.78 Å². The highest BCUT2D eigenvalue weighted by Crippen LogP contribution is 2.24. The Kier molecular flexibility index (Phi) is 6.82. The Labute approximate surface area is 187 Å². The van der Waals surface area contributed by atoms with Crippen LogP contribution in [-0.4, -0.2) is 44.7 Å². The van der Waals surface area contributed by atoms with Crippen LogP contribution in [0.3, 0.4) is 0 Å². The Balaban J connectivity index is 1.39. The third-order valence-electron chi connectivity index (χ3n) is 5.23. The number of carbonyl (C=O) groups excluding carboxylic acids is 2. The Morgan fingerprint density at radius 1 is 0.938 bits per heavy atom. The summed E-state index contributed by atoms with van der Waals surface area (Å²) < 4.78 is 16.2. The molecule has 0 saturated carbocycles. The Hall–Kier alpha value is -3.64. The van der Waals surface area contributed by atoms with E-state index in [0.717, 1.165) is 37.6 Å². The van der Waals surface area contributed by atoms with E-state index >= 15 is 0 Å². The van der Waals surface area contributed by atoms with Gasteiger partial charge in [-0.2, -0.15) is 0 Å². The summed E-state index contributed by atoms with van der Waals surface area (Å²) >= 11 is 0. The molecular formula is C26H25NO5. The van der Waals surface area contributed by atoms with Gasteiger partial charge in [-0.15, -0.1) is 0 Å². The van der Waals surface area contributed by atoms with E-state index in [-0.39, 0.29) is 11.8 Å². The summed E-state index contributed by atoms with van der Waals surface area (Å²) in [4.78, 5) is 26.5. The van der Waals surface area contributed by atoms with Crippen LogP contribution >= 0.6 is 0 Å². The van der Waals surface area contributed by atoms with E-state index in [1.165, 1.54) is 6.08 Å². The lowest BCUT2D eigenvalue weighted by Crippen LogP contribution is -2.36. The van der Waals surface area contributed by atoms with Crippen LogP contribution < -0.4 is 4.90 Å². The summed E-state index contributed by atoms with van der Waals surface area (Å²) in [6, 6.07) is 18.3. The predicted molar refractivity (Wildman–Crippen MR) is 123 cm³/mol. The van der Waals surface area contributed by atoms with E-state index < -0.39 is 0 Å². The van der Waals surface area contributed by atoms with E-state index in [1.807, 2.05) is 30.3 Å². The maximum absolute atomic E-state index is 12.5. The number of carbonyl (C=O) groups is 2. The third-order valence-corrected chi connectivity index (χ3v) is 5.23. The summed E-state index contributed by atoms with van der Waals surface area (Å²) in [5.74, 6) is 0.795. The van der Waals surface area contributed by atoms with Crippen molar-refractivity contribution in [2.24, 2.45) is 0 Å². The van der Waals surface area contributed by atoms with Crippen molar-refractivity contribution in [3.05, 3.63) is 83.6 Å². The maximum atomic E-state index is 12.5. The molecule has 6 heteroatoms. The summed E-state index contributed by atoms with van der Waals surface area (Å²) in [6.45, 7) is 5.29. The van der Waals surface area contributed by atoms with Gasteiger partial charge in [0.1, 0.15) is 11.5 Å². The van der Waals surface area contributed by atoms with Gasteiger partial charge in [0.25, 0.3) is 0 Å². The van der Waals surface area contributed by atoms with Crippen LogP contribution in [0, 0.1) is 0 Å². The molecule has 0 amide bonds. The topological polar surface area (TPSA) is 69.0 Å². The van der Waals surface area contributed by atoms with Crippen molar-refractivity contribution in [3.63, 3.8) is 0 Å². The fourth-order valence-electron chi connectivity index (χ4n) is 3.49.